The van der Waals surface area contributed by atoms with E-state index >= 15 is 0 Å². The van der Waals surface area contributed by atoms with Crippen LogP contribution < -0.4 is 5.84 Å². The van der Waals surface area contributed by atoms with Crippen molar-refractivity contribution in [2.75, 3.05) is 7.05 Å². The number of nitriles is 1. The number of nitrogens with two attached hydrogens (primary N) is 1. The lowest BCUT2D eigenvalue weighted by Gasteiger charge is -2.14. The molecule has 0 aliphatic carbocycles. The lowest BCUT2D eigenvalue weighted by molar-refractivity contribution is 0.269. The van der Waals surface area contributed by atoms with Crippen LogP contribution in [0, 0.1) is 11.3 Å². The minimum Gasteiger partial charge on any atom is -0.269 e. The lowest BCUT2D eigenvalue weighted by Crippen LogP contribution is -2.34. The second-order valence-electron chi connectivity index (χ2n) is 1.88. The van der Waals surface area contributed by atoms with E-state index in [1.807, 2.05) is 13.0 Å². The molecule has 1 unspecified atom stereocenters. The predicted molar refractivity (Wildman–Crippen MR) is 31.6 cm³/mol. The van der Waals surface area contributed by atoms with Crippen molar-refractivity contribution < 1.29 is 0 Å². The highest BCUT2D eigenvalue weighted by atomic mass is 15.4. The van der Waals surface area contributed by atoms with Gasteiger partial charge in [0.05, 0.1) is 12.5 Å². The summed E-state index contributed by atoms with van der Waals surface area (Å²) in [4.78, 5) is 0. The van der Waals surface area contributed by atoms with Crippen LogP contribution in [0.1, 0.15) is 13.3 Å². The predicted octanol–water partition coefficient (Wildman–Crippen LogP) is 0.0941. The summed E-state index contributed by atoms with van der Waals surface area (Å²) in [6, 6.07) is 2.19. The van der Waals surface area contributed by atoms with Gasteiger partial charge in [-0.25, -0.2) is 5.01 Å². The molecular weight excluding hydrogens is 102 g/mol. The van der Waals surface area contributed by atoms with E-state index in [0.717, 1.165) is 0 Å². The van der Waals surface area contributed by atoms with Crippen LogP contribution >= 0.6 is 0 Å². The van der Waals surface area contributed by atoms with Crippen LogP contribution in [0.3, 0.4) is 0 Å². The summed E-state index contributed by atoms with van der Waals surface area (Å²) in [5, 5.41) is 9.68. The van der Waals surface area contributed by atoms with Gasteiger partial charge in [0.2, 0.25) is 0 Å². The molecule has 0 saturated heterocycles. The summed E-state index contributed by atoms with van der Waals surface area (Å²) >= 11 is 0. The first kappa shape index (κ1) is 7.41. The van der Waals surface area contributed by atoms with E-state index < -0.39 is 0 Å². The summed E-state index contributed by atoms with van der Waals surface area (Å²) in [5.74, 6) is 5.30. The van der Waals surface area contributed by atoms with Crippen molar-refractivity contribution in [3.8, 4) is 6.07 Å². The first-order valence-corrected chi connectivity index (χ1v) is 2.53. The Bertz CT molecular complexity index is 92.3. The third-order valence-electron chi connectivity index (χ3n) is 1.08. The van der Waals surface area contributed by atoms with Crippen LogP contribution in [0.5, 0.6) is 0 Å². The van der Waals surface area contributed by atoms with Gasteiger partial charge < -0.3 is 0 Å². The van der Waals surface area contributed by atoms with E-state index in [2.05, 4.69) is 0 Å². The van der Waals surface area contributed by atoms with Gasteiger partial charge in [0.15, 0.2) is 0 Å². The van der Waals surface area contributed by atoms with Gasteiger partial charge in [-0.3, -0.25) is 5.84 Å². The normalized spacial score (nSPS) is 13.4. The highest BCUT2D eigenvalue weighted by molar-refractivity contribution is 4.76. The van der Waals surface area contributed by atoms with Crippen LogP contribution in [-0.2, 0) is 0 Å². The molecule has 8 heavy (non-hydrogen) atoms. The van der Waals surface area contributed by atoms with Crippen LogP contribution in [-0.4, -0.2) is 18.1 Å². The van der Waals surface area contributed by atoms with Crippen molar-refractivity contribution in [1.29, 1.82) is 5.26 Å². The van der Waals surface area contributed by atoms with Crippen molar-refractivity contribution in [1.82, 2.24) is 5.01 Å². The average molecular weight is 113 g/mol. The van der Waals surface area contributed by atoms with Gasteiger partial charge >= 0.3 is 0 Å². The molecule has 3 heteroatoms. The number of hydrogen-bond donors (Lipinski definition) is 1. The van der Waals surface area contributed by atoms with Gasteiger partial charge in [-0.15, -0.1) is 0 Å². The Morgan fingerprint density at radius 1 is 1.88 bits per heavy atom. The molecule has 0 bridgehead atoms. The lowest BCUT2D eigenvalue weighted by atomic mass is 10.2. The van der Waals surface area contributed by atoms with Crippen LogP contribution in [0.4, 0.5) is 0 Å². The van der Waals surface area contributed by atoms with Gasteiger partial charge in [-0.1, -0.05) is 0 Å². The Balaban J connectivity index is 3.35. The molecule has 0 saturated carbocycles. The molecule has 0 aromatic heterocycles. The van der Waals surface area contributed by atoms with Crippen molar-refractivity contribution in [3.05, 3.63) is 0 Å². The molecule has 2 N–H and O–H groups in total. The highest BCUT2D eigenvalue weighted by Gasteiger charge is 2.01. The molecule has 0 rings (SSSR count). The molecule has 1 atom stereocenters. The fraction of sp³-hybridized carbons (Fsp3) is 0.800. The number of nitrogens with zero attached hydrogens (tertiary/aromatic N) is 2. The number of hydrogen-bond acceptors (Lipinski definition) is 3. The standard InChI is InChI=1S/C5H11N3/c1-5(3-4-6)8(2)7/h5H,3,7H2,1-2H3. The molecule has 0 heterocycles. The Kier molecular flexibility index (Phi) is 3.16. The zero-order chi connectivity index (χ0) is 6.57. The molecule has 0 amide bonds. The number of rotatable bonds is 2. The summed E-state index contributed by atoms with van der Waals surface area (Å²) in [7, 11) is 1.75. The molecule has 0 aromatic carbocycles. The molecule has 46 valence electrons. The van der Waals surface area contributed by atoms with Crippen molar-refractivity contribution in [2.45, 2.75) is 19.4 Å². The summed E-state index contributed by atoms with van der Waals surface area (Å²) < 4.78 is 0. The quantitative estimate of drug-likeness (QED) is 0.408. The molecule has 0 aliphatic heterocycles. The molecule has 0 radical (unpaired) electrons. The van der Waals surface area contributed by atoms with Gasteiger partial charge in [0.1, 0.15) is 0 Å². The molecule has 0 spiro atoms. The van der Waals surface area contributed by atoms with Gasteiger partial charge in [0.25, 0.3) is 0 Å². The second kappa shape index (κ2) is 3.42. The van der Waals surface area contributed by atoms with E-state index in [9.17, 15) is 0 Å². The van der Waals surface area contributed by atoms with Crippen LogP contribution in [0.25, 0.3) is 0 Å². The Hall–Kier alpha value is -0.590. The maximum atomic E-state index is 8.15. The molecular formula is C5H11N3. The fourth-order valence-electron chi connectivity index (χ4n) is 0.276. The molecule has 0 aromatic rings. The average Bonchev–Trinajstić information content (AvgIpc) is 1.67. The maximum Gasteiger partial charge on any atom is 0.0638 e. The monoisotopic (exact) mass is 113 g/mol. The smallest absolute Gasteiger partial charge is 0.0638 e. The molecule has 0 aliphatic rings. The molecule has 0 fully saturated rings. The van der Waals surface area contributed by atoms with E-state index in [0.29, 0.717) is 6.42 Å². The number of hydrazine groups is 1. The Morgan fingerprint density at radius 2 is 2.38 bits per heavy atom. The summed E-state index contributed by atoms with van der Waals surface area (Å²) in [6.45, 7) is 1.91. The van der Waals surface area contributed by atoms with Crippen LogP contribution in [0.2, 0.25) is 0 Å². The maximum absolute atomic E-state index is 8.15. The van der Waals surface area contributed by atoms with E-state index in [-0.39, 0.29) is 6.04 Å². The summed E-state index contributed by atoms with van der Waals surface area (Å²) in [6.07, 6.45) is 0.493. The minimum absolute atomic E-state index is 0.167. The van der Waals surface area contributed by atoms with Gasteiger partial charge in [-0.2, -0.15) is 5.26 Å². The van der Waals surface area contributed by atoms with E-state index in [1.54, 1.807) is 7.05 Å². The topological polar surface area (TPSA) is 53.0 Å². The fourth-order valence-corrected chi connectivity index (χ4v) is 0.276. The largest absolute Gasteiger partial charge is 0.269 e. The van der Waals surface area contributed by atoms with Crippen molar-refractivity contribution in [2.24, 2.45) is 5.84 Å². The highest BCUT2D eigenvalue weighted by Crippen LogP contribution is 1.91. The minimum atomic E-state index is 0.167. The third kappa shape index (κ3) is 2.56. The third-order valence-corrected chi connectivity index (χ3v) is 1.08. The SMILES string of the molecule is CC(CC#N)N(C)N. The van der Waals surface area contributed by atoms with E-state index in [1.165, 1.54) is 5.01 Å². The second-order valence-corrected chi connectivity index (χ2v) is 1.88. The van der Waals surface area contributed by atoms with Crippen molar-refractivity contribution in [3.63, 3.8) is 0 Å². The Labute approximate surface area is 49.7 Å². The summed E-state index contributed by atoms with van der Waals surface area (Å²) in [5.41, 5.74) is 0. The first-order valence-electron chi connectivity index (χ1n) is 2.53. The van der Waals surface area contributed by atoms with Gasteiger partial charge in [-0.05, 0) is 6.92 Å². The zero-order valence-corrected chi connectivity index (χ0v) is 5.26. The Morgan fingerprint density at radius 3 is 2.50 bits per heavy atom. The van der Waals surface area contributed by atoms with E-state index in [4.69, 9.17) is 11.1 Å². The van der Waals surface area contributed by atoms with Gasteiger partial charge in [0, 0.05) is 13.1 Å². The van der Waals surface area contributed by atoms with Crippen molar-refractivity contribution >= 4 is 0 Å². The van der Waals surface area contributed by atoms with Crippen LogP contribution in [0.15, 0.2) is 0 Å². The first-order chi connectivity index (χ1) is 3.68. The molecule has 3 nitrogen and oxygen atoms in total. The zero-order valence-electron chi connectivity index (χ0n) is 5.26.